The van der Waals surface area contributed by atoms with Crippen LogP contribution >= 0.6 is 0 Å². The van der Waals surface area contributed by atoms with E-state index in [0.717, 1.165) is 50.6 Å². The molecule has 0 aromatic heterocycles. The van der Waals surface area contributed by atoms with Crippen LogP contribution in [0.25, 0.3) is 0 Å². The molecule has 6 heteroatoms. The Morgan fingerprint density at radius 1 is 1.00 bits per heavy atom. The summed E-state index contributed by atoms with van der Waals surface area (Å²) in [5.41, 5.74) is 0.125. The molecule has 196 valence electrons. The van der Waals surface area contributed by atoms with Crippen LogP contribution in [0.4, 0.5) is 0 Å². The van der Waals surface area contributed by atoms with E-state index >= 15 is 0 Å². The first kappa shape index (κ1) is 32.0. The molecule has 0 spiro atoms. The van der Waals surface area contributed by atoms with Gasteiger partial charge in [-0.1, -0.05) is 109 Å². The Kier molecular flexibility index (Phi) is 8.24. The molecule has 5 aliphatic carbocycles. The molecule has 0 aromatic carbocycles. The van der Waals surface area contributed by atoms with E-state index in [9.17, 15) is 14.9 Å². The molecule has 0 saturated heterocycles. The maximum Gasteiger partial charge on any atom is 1.00 e. The zero-order valence-electron chi connectivity index (χ0n) is 25.7. The molecule has 5 atom stereocenters. The SMILES string of the molecule is CNC[C@]12CCC(C)(C)C[C-]1[C@H]1C(=O)C=C3[C@@]4(C)C=C(C#N)C(=O)C(C)(C)[C-]4CC[C@@]3(C)[C@]1(C)CC2.[Li+].[Li+]. The van der Waals surface area contributed by atoms with Gasteiger partial charge in [-0.25, -0.2) is 0 Å². The van der Waals surface area contributed by atoms with Crippen molar-refractivity contribution in [2.75, 3.05) is 13.6 Å². The molecule has 0 aliphatic heterocycles. The molecule has 0 amide bonds. The minimum Gasteiger partial charge on any atom is -0.322 e. The molecule has 0 aromatic rings. The fourth-order valence-electron chi connectivity index (χ4n) is 9.63. The Morgan fingerprint density at radius 3 is 2.24 bits per heavy atom. The largest absolute Gasteiger partial charge is 1.00 e. The van der Waals surface area contributed by atoms with E-state index in [1.54, 1.807) is 0 Å². The molecule has 0 radical (unpaired) electrons. The zero-order chi connectivity index (χ0) is 26.5. The van der Waals surface area contributed by atoms with Gasteiger partial charge in [-0.15, -0.1) is 10.8 Å². The van der Waals surface area contributed by atoms with Crippen molar-refractivity contribution in [3.8, 4) is 6.07 Å². The standard InChI is InChI=1S/C32H44N2O2.2Li/c1-27(2)11-13-32(19-34-8)14-12-31(7)25(21(32)17-27)22(35)15-24-29(5)16-20(18-33)26(36)28(3,4)23(29)9-10-30(24,31)6;;/h15-16,25,34H,9-14,17,19H2,1-8H3;;/q-2;2*+1/t25-,29-,30+,31+,32+;;/m0../s1. The fraction of sp³-hybridized carbons (Fsp3) is 0.719. The number of nitrogens with one attached hydrogen (secondary N) is 1. The first-order valence-electron chi connectivity index (χ1n) is 13.9. The van der Waals surface area contributed by atoms with E-state index in [4.69, 9.17) is 0 Å². The fourth-order valence-corrected chi connectivity index (χ4v) is 9.63. The van der Waals surface area contributed by atoms with Gasteiger partial charge in [0, 0.05) is 0 Å². The molecular weight excluding hydrogens is 458 g/mol. The van der Waals surface area contributed by atoms with E-state index in [0.29, 0.717) is 0 Å². The van der Waals surface area contributed by atoms with Crippen LogP contribution in [0.2, 0.25) is 0 Å². The molecule has 3 fully saturated rings. The zero-order valence-corrected chi connectivity index (χ0v) is 25.7. The van der Waals surface area contributed by atoms with Crippen molar-refractivity contribution in [3.05, 3.63) is 35.1 Å². The van der Waals surface area contributed by atoms with Crippen molar-refractivity contribution in [1.29, 1.82) is 5.26 Å². The van der Waals surface area contributed by atoms with Crippen LogP contribution < -0.4 is 43.0 Å². The van der Waals surface area contributed by atoms with Crippen molar-refractivity contribution in [2.45, 2.75) is 93.4 Å². The molecule has 0 bridgehead atoms. The van der Waals surface area contributed by atoms with Gasteiger partial charge in [-0.05, 0) is 30.5 Å². The summed E-state index contributed by atoms with van der Waals surface area (Å²) < 4.78 is 0. The van der Waals surface area contributed by atoms with Gasteiger partial charge < -0.3 is 5.32 Å². The molecule has 38 heavy (non-hydrogen) atoms. The number of hydrogen-bond donors (Lipinski definition) is 1. The van der Waals surface area contributed by atoms with Crippen LogP contribution in [0.1, 0.15) is 93.4 Å². The summed E-state index contributed by atoms with van der Waals surface area (Å²) in [5.74, 6) is 2.78. The molecule has 4 nitrogen and oxygen atoms in total. The third-order valence-electron chi connectivity index (χ3n) is 11.9. The third kappa shape index (κ3) is 4.01. The van der Waals surface area contributed by atoms with Gasteiger partial charge >= 0.3 is 37.7 Å². The van der Waals surface area contributed by atoms with E-state index in [-0.39, 0.29) is 82.4 Å². The van der Waals surface area contributed by atoms with Crippen LogP contribution in [-0.2, 0) is 9.59 Å². The summed E-state index contributed by atoms with van der Waals surface area (Å²) >= 11 is 0. The molecular formula is C32H44Li2N2O2. The average molecular weight is 503 g/mol. The predicted molar refractivity (Wildman–Crippen MR) is 142 cm³/mol. The number of hydrogen-bond acceptors (Lipinski definition) is 4. The molecule has 0 heterocycles. The van der Waals surface area contributed by atoms with Crippen LogP contribution in [0.5, 0.6) is 0 Å². The topological polar surface area (TPSA) is 70.0 Å². The van der Waals surface area contributed by atoms with Crippen LogP contribution in [-0.4, -0.2) is 25.2 Å². The number of carbonyl (C=O) groups excluding carboxylic acids is 2. The number of nitrogens with zero attached hydrogens (tertiary/aromatic N) is 1. The van der Waals surface area contributed by atoms with Crippen molar-refractivity contribution in [2.24, 2.45) is 38.4 Å². The number of nitriles is 1. The average Bonchev–Trinajstić information content (AvgIpc) is 2.79. The van der Waals surface area contributed by atoms with Crippen molar-refractivity contribution < 1.29 is 47.3 Å². The molecule has 5 rings (SSSR count). The van der Waals surface area contributed by atoms with E-state index < -0.39 is 10.8 Å². The molecule has 1 N–H and O–H groups in total. The van der Waals surface area contributed by atoms with Gasteiger partial charge in [0.25, 0.3) is 0 Å². The van der Waals surface area contributed by atoms with Crippen molar-refractivity contribution in [3.63, 3.8) is 0 Å². The number of allylic oxidation sites excluding steroid dienone is 4. The summed E-state index contributed by atoms with van der Waals surface area (Å²) in [4.78, 5) is 27.5. The van der Waals surface area contributed by atoms with Crippen LogP contribution in [0.15, 0.2) is 23.3 Å². The van der Waals surface area contributed by atoms with E-state index in [1.165, 1.54) is 18.3 Å². The maximum atomic E-state index is 14.4. The second kappa shape index (κ2) is 9.78. The summed E-state index contributed by atoms with van der Waals surface area (Å²) in [7, 11) is 2.05. The Balaban J connectivity index is 0.00000200. The van der Waals surface area contributed by atoms with Gasteiger partial charge in [0.1, 0.15) is 17.6 Å². The molecule has 0 unspecified atom stereocenters. The predicted octanol–water partition coefficient (Wildman–Crippen LogP) is 0.350. The number of ketones is 2. The van der Waals surface area contributed by atoms with Crippen LogP contribution in [0.3, 0.4) is 0 Å². The minimum atomic E-state index is -0.700. The molecule has 3 saturated carbocycles. The number of carbonyl (C=O) groups is 2. The third-order valence-corrected chi connectivity index (χ3v) is 11.9. The summed E-state index contributed by atoms with van der Waals surface area (Å²) in [5, 5.41) is 13.4. The Morgan fingerprint density at radius 2 is 1.63 bits per heavy atom. The Bertz CT molecular complexity index is 1130. The van der Waals surface area contributed by atoms with Gasteiger partial charge in [-0.3, -0.25) is 21.4 Å². The Labute approximate surface area is 255 Å². The van der Waals surface area contributed by atoms with Gasteiger partial charge in [0.2, 0.25) is 0 Å². The molecule has 5 aliphatic rings. The minimum absolute atomic E-state index is 0. The number of rotatable bonds is 2. The monoisotopic (exact) mass is 502 g/mol. The van der Waals surface area contributed by atoms with Gasteiger partial charge in [-0.2, -0.15) is 18.1 Å². The second-order valence-electron chi connectivity index (χ2n) is 14.6. The van der Waals surface area contributed by atoms with Crippen molar-refractivity contribution >= 4 is 11.6 Å². The second-order valence-corrected chi connectivity index (χ2v) is 14.6. The van der Waals surface area contributed by atoms with E-state index in [1.807, 2.05) is 33.0 Å². The first-order chi connectivity index (χ1) is 16.6. The van der Waals surface area contributed by atoms with E-state index in [2.05, 4.69) is 46.0 Å². The Hall–Kier alpha value is -0.535. The van der Waals surface area contributed by atoms with Gasteiger partial charge in [0.15, 0.2) is 0 Å². The maximum absolute atomic E-state index is 14.4. The summed E-state index contributed by atoms with van der Waals surface area (Å²) in [6.07, 6.45) is 11.2. The smallest absolute Gasteiger partial charge is 0.322 e. The van der Waals surface area contributed by atoms with Crippen molar-refractivity contribution in [1.82, 2.24) is 5.32 Å². The van der Waals surface area contributed by atoms with Gasteiger partial charge in [0.05, 0.1) is 5.57 Å². The first-order valence-corrected chi connectivity index (χ1v) is 13.9. The summed E-state index contributed by atoms with van der Waals surface area (Å²) in [6, 6.07) is 2.19. The van der Waals surface area contributed by atoms with Crippen LogP contribution in [0, 0.1) is 61.6 Å². The number of fused-ring (bicyclic) bond motifs is 7. The summed E-state index contributed by atoms with van der Waals surface area (Å²) in [6.45, 7) is 16.6. The normalized spacial score (nSPS) is 41.5. The number of Topliss-reactive ketones (excluding diaryl/α,β-unsaturated/α-hetero) is 1. The quantitative estimate of drug-likeness (QED) is 0.437.